The van der Waals surface area contributed by atoms with Crippen molar-refractivity contribution in [2.24, 2.45) is 0 Å². The maximum absolute atomic E-state index is 12.5. The van der Waals surface area contributed by atoms with Gasteiger partial charge in [0.1, 0.15) is 17.6 Å². The first-order valence-corrected chi connectivity index (χ1v) is 6.68. The van der Waals surface area contributed by atoms with Crippen LogP contribution in [-0.4, -0.2) is 34.5 Å². The Labute approximate surface area is 114 Å². The lowest BCUT2D eigenvalue weighted by Crippen LogP contribution is -2.59. The minimum atomic E-state index is -0.160. The predicted molar refractivity (Wildman–Crippen MR) is 76.5 cm³/mol. The Morgan fingerprint density at radius 1 is 1.37 bits per heavy atom. The Balaban J connectivity index is 2.66. The fraction of sp³-hybridized carbons (Fsp3) is 0.643. The Kier molecular flexibility index (Phi) is 3.24. The van der Waals surface area contributed by atoms with Crippen LogP contribution < -0.4 is 9.80 Å². The normalized spacial score (nSPS) is 19.7. The van der Waals surface area contributed by atoms with E-state index in [0.717, 1.165) is 23.8 Å². The number of carbonyl (C=O) groups excluding carboxylic acids is 1. The Hall–Kier alpha value is -1.65. The van der Waals surface area contributed by atoms with Crippen molar-refractivity contribution in [1.29, 1.82) is 0 Å². The summed E-state index contributed by atoms with van der Waals surface area (Å²) in [5.74, 6) is 1.69. The number of carbonyl (C=O) groups is 1. The topological polar surface area (TPSA) is 49.3 Å². The number of hydrogen-bond acceptors (Lipinski definition) is 4. The third-order valence-electron chi connectivity index (χ3n) is 3.50. The third kappa shape index (κ3) is 2.17. The number of fused-ring (bicyclic) bond motifs is 1. The molecule has 1 aliphatic heterocycles. The van der Waals surface area contributed by atoms with E-state index in [2.05, 4.69) is 35.6 Å². The number of aryl methyl sites for hydroxylation is 1. The van der Waals surface area contributed by atoms with Crippen LogP contribution in [0.15, 0.2) is 6.20 Å². The summed E-state index contributed by atoms with van der Waals surface area (Å²) in [5.41, 5.74) is 0.628. The van der Waals surface area contributed by atoms with E-state index in [1.54, 1.807) is 18.1 Å². The highest BCUT2D eigenvalue weighted by molar-refractivity contribution is 6.04. The van der Waals surface area contributed by atoms with E-state index in [4.69, 9.17) is 0 Å². The highest BCUT2D eigenvalue weighted by atomic mass is 16.2. The van der Waals surface area contributed by atoms with Crippen molar-refractivity contribution < 1.29 is 4.79 Å². The lowest BCUT2D eigenvalue weighted by molar-refractivity contribution is -0.120. The Morgan fingerprint density at radius 2 is 2.00 bits per heavy atom. The fourth-order valence-electron chi connectivity index (χ4n) is 2.61. The molecule has 0 saturated heterocycles. The molecule has 0 unspecified atom stereocenters. The largest absolute Gasteiger partial charge is 0.338 e. The predicted octanol–water partition coefficient (Wildman–Crippen LogP) is 2.14. The van der Waals surface area contributed by atoms with Gasteiger partial charge in [0.2, 0.25) is 5.91 Å². The highest BCUT2D eigenvalue weighted by Crippen LogP contribution is 2.38. The molecule has 0 spiro atoms. The number of hydrogen-bond donors (Lipinski definition) is 0. The van der Waals surface area contributed by atoms with Crippen molar-refractivity contribution in [2.45, 2.75) is 52.6 Å². The molecule has 1 aliphatic rings. The maximum Gasteiger partial charge on any atom is 0.249 e. The minimum Gasteiger partial charge on any atom is -0.338 e. The summed E-state index contributed by atoms with van der Waals surface area (Å²) < 4.78 is 0. The van der Waals surface area contributed by atoms with Crippen LogP contribution in [0.4, 0.5) is 11.5 Å². The molecule has 5 heteroatoms. The van der Waals surface area contributed by atoms with E-state index in [0.29, 0.717) is 0 Å². The number of aromatic nitrogens is 2. The van der Waals surface area contributed by atoms with Crippen LogP contribution >= 0.6 is 0 Å². The van der Waals surface area contributed by atoms with Crippen molar-refractivity contribution in [2.75, 3.05) is 16.8 Å². The van der Waals surface area contributed by atoms with E-state index in [1.807, 2.05) is 13.8 Å². The molecule has 1 atom stereocenters. The van der Waals surface area contributed by atoms with Crippen molar-refractivity contribution in [1.82, 2.24) is 9.97 Å². The van der Waals surface area contributed by atoms with E-state index in [-0.39, 0.29) is 17.5 Å². The second-order valence-corrected chi connectivity index (χ2v) is 5.99. The van der Waals surface area contributed by atoms with Crippen molar-refractivity contribution in [3.8, 4) is 0 Å². The van der Waals surface area contributed by atoms with Crippen molar-refractivity contribution in [3.05, 3.63) is 12.0 Å². The second-order valence-electron chi connectivity index (χ2n) is 5.99. The molecule has 0 aliphatic carbocycles. The molecule has 1 aromatic rings. The molecule has 0 aromatic carbocycles. The van der Waals surface area contributed by atoms with Gasteiger partial charge >= 0.3 is 0 Å². The molecule has 0 saturated carbocycles. The SMILES string of the molecule is CC[C@@H]1C(=O)N(C)c2cnc(C)nc2N1C(C)(C)C. The summed E-state index contributed by atoms with van der Waals surface area (Å²) in [7, 11) is 1.79. The standard InChI is InChI=1S/C14H22N4O/c1-7-10-13(19)17(6)11-8-15-9(2)16-12(11)18(10)14(3,4)5/h8,10H,7H2,1-6H3/t10-/m1/s1. The van der Waals surface area contributed by atoms with Crippen LogP contribution in [0.2, 0.25) is 0 Å². The molecular weight excluding hydrogens is 240 g/mol. The summed E-state index contributed by atoms with van der Waals surface area (Å²) in [6.07, 6.45) is 2.50. The molecule has 2 rings (SSSR count). The monoisotopic (exact) mass is 262 g/mol. The van der Waals surface area contributed by atoms with Gasteiger partial charge in [0, 0.05) is 12.6 Å². The molecule has 2 heterocycles. The number of rotatable bonds is 1. The van der Waals surface area contributed by atoms with Crippen LogP contribution in [0.5, 0.6) is 0 Å². The lowest BCUT2D eigenvalue weighted by Gasteiger charge is -2.47. The molecule has 0 radical (unpaired) electrons. The summed E-state index contributed by atoms with van der Waals surface area (Å²) in [5, 5.41) is 0. The fourth-order valence-corrected chi connectivity index (χ4v) is 2.61. The maximum atomic E-state index is 12.5. The average Bonchev–Trinajstić information content (AvgIpc) is 2.31. The van der Waals surface area contributed by atoms with Gasteiger partial charge in [-0.3, -0.25) is 4.79 Å². The molecule has 1 amide bonds. The van der Waals surface area contributed by atoms with Crippen LogP contribution in [0, 0.1) is 6.92 Å². The second kappa shape index (κ2) is 4.47. The zero-order valence-electron chi connectivity index (χ0n) is 12.6. The molecule has 1 aromatic heterocycles. The van der Waals surface area contributed by atoms with Gasteiger partial charge in [-0.15, -0.1) is 0 Å². The van der Waals surface area contributed by atoms with Crippen molar-refractivity contribution in [3.63, 3.8) is 0 Å². The number of likely N-dealkylation sites (N-methyl/N-ethyl adjacent to an activating group) is 1. The van der Waals surface area contributed by atoms with E-state index in [9.17, 15) is 4.79 Å². The Morgan fingerprint density at radius 3 is 2.53 bits per heavy atom. The van der Waals surface area contributed by atoms with E-state index < -0.39 is 0 Å². The highest BCUT2D eigenvalue weighted by Gasteiger charge is 2.41. The number of nitrogens with zero attached hydrogens (tertiary/aromatic N) is 4. The molecule has 0 N–H and O–H groups in total. The van der Waals surface area contributed by atoms with E-state index in [1.165, 1.54) is 0 Å². The van der Waals surface area contributed by atoms with Crippen LogP contribution in [0.25, 0.3) is 0 Å². The zero-order valence-corrected chi connectivity index (χ0v) is 12.6. The minimum absolute atomic E-state index is 0.109. The van der Waals surface area contributed by atoms with Crippen LogP contribution in [0.1, 0.15) is 39.9 Å². The van der Waals surface area contributed by atoms with E-state index >= 15 is 0 Å². The first-order valence-electron chi connectivity index (χ1n) is 6.68. The van der Waals surface area contributed by atoms with Gasteiger partial charge in [-0.1, -0.05) is 6.92 Å². The average molecular weight is 262 g/mol. The first kappa shape index (κ1) is 13.8. The van der Waals surface area contributed by atoms with Gasteiger partial charge in [0.05, 0.1) is 6.20 Å². The third-order valence-corrected chi connectivity index (χ3v) is 3.50. The molecule has 0 fully saturated rings. The molecule has 0 bridgehead atoms. The quantitative estimate of drug-likeness (QED) is 0.778. The van der Waals surface area contributed by atoms with Crippen LogP contribution in [-0.2, 0) is 4.79 Å². The molecule has 104 valence electrons. The molecule has 19 heavy (non-hydrogen) atoms. The lowest BCUT2D eigenvalue weighted by atomic mass is 9.97. The van der Waals surface area contributed by atoms with Gasteiger partial charge in [0.15, 0.2) is 5.82 Å². The summed E-state index contributed by atoms with van der Waals surface area (Å²) in [6.45, 7) is 10.2. The summed E-state index contributed by atoms with van der Waals surface area (Å²) in [4.78, 5) is 25.1. The first-order chi connectivity index (χ1) is 8.77. The number of anilines is 2. The van der Waals surface area contributed by atoms with Gasteiger partial charge in [-0.25, -0.2) is 9.97 Å². The molecular formula is C14H22N4O. The van der Waals surface area contributed by atoms with Gasteiger partial charge < -0.3 is 9.80 Å². The zero-order chi connectivity index (χ0) is 14.4. The van der Waals surface area contributed by atoms with Gasteiger partial charge in [0.25, 0.3) is 0 Å². The Bertz CT molecular complexity index is 507. The smallest absolute Gasteiger partial charge is 0.249 e. The summed E-state index contributed by atoms with van der Waals surface area (Å²) in [6, 6.07) is -0.160. The molecule has 5 nitrogen and oxygen atoms in total. The van der Waals surface area contributed by atoms with Crippen LogP contribution in [0.3, 0.4) is 0 Å². The van der Waals surface area contributed by atoms with Gasteiger partial charge in [-0.2, -0.15) is 0 Å². The van der Waals surface area contributed by atoms with Gasteiger partial charge in [-0.05, 0) is 34.1 Å². The summed E-state index contributed by atoms with van der Waals surface area (Å²) >= 11 is 0. The number of amides is 1. The van der Waals surface area contributed by atoms with Crippen molar-refractivity contribution >= 4 is 17.4 Å².